The SMILES string of the molecule is CC(C)OCCCC(F)(F)F. The van der Waals surface area contributed by atoms with Gasteiger partial charge in [0.25, 0.3) is 0 Å². The fourth-order valence-corrected chi connectivity index (χ4v) is 0.592. The van der Waals surface area contributed by atoms with Crippen molar-refractivity contribution in [3.05, 3.63) is 0 Å². The van der Waals surface area contributed by atoms with E-state index in [1.54, 1.807) is 13.8 Å². The van der Waals surface area contributed by atoms with E-state index in [4.69, 9.17) is 4.74 Å². The van der Waals surface area contributed by atoms with Gasteiger partial charge in [0, 0.05) is 13.0 Å². The maximum atomic E-state index is 11.5. The van der Waals surface area contributed by atoms with Crippen molar-refractivity contribution in [2.24, 2.45) is 0 Å². The second-order valence-corrected chi connectivity index (χ2v) is 2.64. The molecule has 0 aromatic heterocycles. The normalized spacial score (nSPS) is 12.5. The highest BCUT2D eigenvalue weighted by Gasteiger charge is 2.25. The molecule has 0 aliphatic heterocycles. The quantitative estimate of drug-likeness (QED) is 0.589. The highest BCUT2D eigenvalue weighted by Crippen LogP contribution is 2.21. The summed E-state index contributed by atoms with van der Waals surface area (Å²) >= 11 is 0. The number of ether oxygens (including phenoxy) is 1. The Morgan fingerprint density at radius 2 is 1.82 bits per heavy atom. The Labute approximate surface area is 64.5 Å². The molecule has 0 spiro atoms. The maximum Gasteiger partial charge on any atom is 0.389 e. The van der Waals surface area contributed by atoms with Crippen molar-refractivity contribution in [1.29, 1.82) is 0 Å². The number of alkyl halides is 3. The van der Waals surface area contributed by atoms with Crippen LogP contribution >= 0.6 is 0 Å². The average Bonchev–Trinajstić information content (AvgIpc) is 1.78. The van der Waals surface area contributed by atoms with E-state index in [0.29, 0.717) is 0 Å². The summed E-state index contributed by atoms with van der Waals surface area (Å²) in [6.45, 7) is 3.79. The molecule has 0 N–H and O–H groups in total. The Morgan fingerprint density at radius 1 is 1.27 bits per heavy atom. The maximum absolute atomic E-state index is 11.5. The van der Waals surface area contributed by atoms with Crippen molar-refractivity contribution in [2.45, 2.75) is 39.0 Å². The molecule has 0 fully saturated rings. The van der Waals surface area contributed by atoms with E-state index in [0.717, 1.165) is 0 Å². The third kappa shape index (κ3) is 9.75. The topological polar surface area (TPSA) is 9.23 Å². The van der Waals surface area contributed by atoms with Gasteiger partial charge in [-0.05, 0) is 20.3 Å². The number of hydrogen-bond donors (Lipinski definition) is 0. The average molecular weight is 170 g/mol. The van der Waals surface area contributed by atoms with E-state index in [2.05, 4.69) is 0 Å². The fraction of sp³-hybridized carbons (Fsp3) is 1.00. The van der Waals surface area contributed by atoms with Gasteiger partial charge in [0.05, 0.1) is 6.10 Å². The van der Waals surface area contributed by atoms with Gasteiger partial charge >= 0.3 is 6.18 Å². The monoisotopic (exact) mass is 170 g/mol. The van der Waals surface area contributed by atoms with E-state index < -0.39 is 12.6 Å². The molecule has 68 valence electrons. The molecular formula is C7H13F3O. The van der Waals surface area contributed by atoms with Crippen LogP contribution in [0.1, 0.15) is 26.7 Å². The van der Waals surface area contributed by atoms with Crippen LogP contribution in [0.3, 0.4) is 0 Å². The van der Waals surface area contributed by atoms with Gasteiger partial charge in [-0.15, -0.1) is 0 Å². The second kappa shape index (κ2) is 4.59. The van der Waals surface area contributed by atoms with Gasteiger partial charge in [-0.25, -0.2) is 0 Å². The summed E-state index contributed by atoms with van der Waals surface area (Å²) in [4.78, 5) is 0. The summed E-state index contributed by atoms with van der Waals surface area (Å²) in [5.74, 6) is 0. The molecule has 0 rings (SSSR count). The minimum Gasteiger partial charge on any atom is -0.379 e. The smallest absolute Gasteiger partial charge is 0.379 e. The predicted octanol–water partition coefficient (Wildman–Crippen LogP) is 2.75. The van der Waals surface area contributed by atoms with E-state index in [9.17, 15) is 13.2 Å². The van der Waals surface area contributed by atoms with Crippen molar-refractivity contribution >= 4 is 0 Å². The van der Waals surface area contributed by atoms with Gasteiger partial charge in [0.1, 0.15) is 0 Å². The van der Waals surface area contributed by atoms with Crippen LogP contribution in [0.2, 0.25) is 0 Å². The molecule has 0 amide bonds. The molecule has 1 nitrogen and oxygen atoms in total. The van der Waals surface area contributed by atoms with Crippen LogP contribution in [0.25, 0.3) is 0 Å². The standard InChI is InChI=1S/C7H13F3O/c1-6(2)11-5-3-4-7(8,9)10/h6H,3-5H2,1-2H3. The van der Waals surface area contributed by atoms with Crippen LogP contribution in [0.5, 0.6) is 0 Å². The molecule has 0 aromatic rings. The van der Waals surface area contributed by atoms with Crippen LogP contribution in [0.4, 0.5) is 13.2 Å². The molecule has 4 heteroatoms. The summed E-state index contributed by atoms with van der Waals surface area (Å²) < 4.78 is 39.5. The zero-order chi connectivity index (χ0) is 8.91. The molecule has 11 heavy (non-hydrogen) atoms. The minimum atomic E-state index is -4.04. The zero-order valence-electron chi connectivity index (χ0n) is 6.74. The second-order valence-electron chi connectivity index (χ2n) is 2.64. The van der Waals surface area contributed by atoms with Crippen LogP contribution in [0, 0.1) is 0 Å². The number of hydrogen-bond acceptors (Lipinski definition) is 1. The van der Waals surface area contributed by atoms with Crippen molar-refractivity contribution in [2.75, 3.05) is 6.61 Å². The highest BCUT2D eigenvalue weighted by molar-refractivity contribution is 4.50. The Morgan fingerprint density at radius 3 is 2.18 bits per heavy atom. The van der Waals surface area contributed by atoms with Gasteiger partial charge in [0.15, 0.2) is 0 Å². The molecule has 0 unspecified atom stereocenters. The van der Waals surface area contributed by atoms with Crippen LogP contribution in [0.15, 0.2) is 0 Å². The Bertz CT molecular complexity index is 98.3. The first kappa shape index (κ1) is 10.8. The van der Waals surface area contributed by atoms with Gasteiger partial charge in [0.2, 0.25) is 0 Å². The van der Waals surface area contributed by atoms with Crippen LogP contribution in [-0.4, -0.2) is 18.9 Å². The largest absolute Gasteiger partial charge is 0.389 e. The molecular weight excluding hydrogens is 157 g/mol. The summed E-state index contributed by atoms with van der Waals surface area (Å²) in [6.07, 6.45) is -4.72. The lowest BCUT2D eigenvalue weighted by Crippen LogP contribution is -2.10. The van der Waals surface area contributed by atoms with Gasteiger partial charge < -0.3 is 4.74 Å². The molecule has 0 heterocycles. The van der Waals surface area contributed by atoms with Crippen molar-refractivity contribution in [3.8, 4) is 0 Å². The fourth-order valence-electron chi connectivity index (χ4n) is 0.592. The molecule has 0 radical (unpaired) electrons. The van der Waals surface area contributed by atoms with Crippen LogP contribution in [-0.2, 0) is 4.74 Å². The summed E-state index contributed by atoms with van der Waals surface area (Å²) in [5.41, 5.74) is 0. The first-order chi connectivity index (χ1) is 4.92. The molecule has 0 aromatic carbocycles. The Balaban J connectivity index is 3.15. The Kier molecular flexibility index (Phi) is 4.49. The Hall–Kier alpha value is -0.250. The van der Waals surface area contributed by atoms with Crippen molar-refractivity contribution in [3.63, 3.8) is 0 Å². The van der Waals surface area contributed by atoms with E-state index >= 15 is 0 Å². The third-order valence-corrected chi connectivity index (χ3v) is 1.06. The molecule has 0 aliphatic rings. The summed E-state index contributed by atoms with van der Waals surface area (Å²) in [7, 11) is 0. The zero-order valence-corrected chi connectivity index (χ0v) is 6.74. The third-order valence-electron chi connectivity index (χ3n) is 1.06. The molecule has 0 saturated heterocycles. The molecule has 0 atom stereocenters. The lowest BCUT2D eigenvalue weighted by Gasteiger charge is -2.08. The van der Waals surface area contributed by atoms with E-state index in [-0.39, 0.29) is 19.1 Å². The van der Waals surface area contributed by atoms with Gasteiger partial charge in [-0.1, -0.05) is 0 Å². The highest BCUT2D eigenvalue weighted by atomic mass is 19.4. The lowest BCUT2D eigenvalue weighted by atomic mass is 10.3. The molecule has 0 aliphatic carbocycles. The van der Waals surface area contributed by atoms with Crippen molar-refractivity contribution < 1.29 is 17.9 Å². The number of rotatable bonds is 4. The summed E-state index contributed by atoms with van der Waals surface area (Å²) in [5, 5.41) is 0. The van der Waals surface area contributed by atoms with Gasteiger partial charge in [-0.3, -0.25) is 0 Å². The van der Waals surface area contributed by atoms with E-state index in [1.165, 1.54) is 0 Å². The number of halogens is 3. The van der Waals surface area contributed by atoms with Crippen LogP contribution < -0.4 is 0 Å². The molecule has 0 saturated carbocycles. The van der Waals surface area contributed by atoms with E-state index in [1.807, 2.05) is 0 Å². The molecule has 0 bridgehead atoms. The minimum absolute atomic E-state index is 0.0169. The predicted molar refractivity (Wildman–Crippen MR) is 36.4 cm³/mol. The first-order valence-corrected chi connectivity index (χ1v) is 3.60. The van der Waals surface area contributed by atoms with Crippen molar-refractivity contribution in [1.82, 2.24) is 0 Å². The first-order valence-electron chi connectivity index (χ1n) is 3.60. The lowest BCUT2D eigenvalue weighted by molar-refractivity contribution is -0.138. The summed E-state index contributed by atoms with van der Waals surface area (Å²) in [6, 6.07) is 0. The van der Waals surface area contributed by atoms with Gasteiger partial charge in [-0.2, -0.15) is 13.2 Å².